The van der Waals surface area contributed by atoms with E-state index in [2.05, 4.69) is 17.9 Å². The van der Waals surface area contributed by atoms with Gasteiger partial charge in [0.15, 0.2) is 0 Å². The molecule has 0 saturated heterocycles. The van der Waals surface area contributed by atoms with Crippen LogP contribution in [0.4, 0.5) is 11.4 Å². The number of para-hydroxylation sites is 4. The van der Waals surface area contributed by atoms with Gasteiger partial charge in [-0.3, -0.25) is 20.2 Å². The molecular formula is C38H20N6O4S3. The first kappa shape index (κ1) is 29.6. The van der Waals surface area contributed by atoms with Crippen LogP contribution in [0.15, 0.2) is 121 Å². The van der Waals surface area contributed by atoms with E-state index in [1.54, 1.807) is 0 Å². The minimum absolute atomic E-state index is 0.101. The summed E-state index contributed by atoms with van der Waals surface area (Å²) in [5, 5.41) is 29.9. The lowest BCUT2D eigenvalue weighted by Gasteiger charge is -2.09. The molecule has 5 aromatic carbocycles. The van der Waals surface area contributed by atoms with Gasteiger partial charge in [-0.2, -0.15) is 8.75 Å². The third kappa shape index (κ3) is 4.26. The molecule has 0 saturated carbocycles. The van der Waals surface area contributed by atoms with Gasteiger partial charge in [-0.15, -0.1) is 22.7 Å². The SMILES string of the molecule is O=[N+]([O-])c1c([N+](=O)[O-])c(-c2cc3c4ccccc4n(-c4ccccc4)c3s2)c2nsnc2c1-c1cc2c3ccccc3n(-c3ccccc3)c2s1. The fourth-order valence-corrected chi connectivity index (χ4v) is 10.3. The molecule has 5 aromatic heterocycles. The quantitative estimate of drug-likeness (QED) is 0.124. The Kier molecular flexibility index (Phi) is 6.46. The number of nitrogens with zero attached hydrogens (tertiary/aromatic N) is 6. The Morgan fingerprint density at radius 3 is 1.31 bits per heavy atom. The van der Waals surface area contributed by atoms with Crippen LogP contribution >= 0.6 is 34.4 Å². The number of fused-ring (bicyclic) bond motifs is 7. The predicted octanol–water partition coefficient (Wildman–Crippen LogP) is 11.2. The molecule has 0 fully saturated rings. The number of thiophene rings is 2. The zero-order valence-electron chi connectivity index (χ0n) is 26.1. The van der Waals surface area contributed by atoms with Crippen LogP contribution < -0.4 is 0 Å². The number of nitro benzene ring substituents is 2. The second-order valence-corrected chi connectivity index (χ2v) is 14.5. The monoisotopic (exact) mass is 720 g/mol. The second kappa shape index (κ2) is 11.1. The highest BCUT2D eigenvalue weighted by atomic mass is 32.1. The van der Waals surface area contributed by atoms with Crippen LogP contribution in [0.25, 0.3) is 85.5 Å². The molecule has 0 spiro atoms. The number of hydrogen-bond donors (Lipinski definition) is 0. The summed E-state index contributed by atoms with van der Waals surface area (Å²) in [6, 6.07) is 39.5. The van der Waals surface area contributed by atoms with E-state index in [-0.39, 0.29) is 22.2 Å². The van der Waals surface area contributed by atoms with Crippen molar-refractivity contribution in [2.75, 3.05) is 0 Å². The molecule has 0 aliphatic heterocycles. The van der Waals surface area contributed by atoms with E-state index in [1.807, 2.05) is 121 Å². The molecule has 10 rings (SSSR count). The molecule has 10 aromatic rings. The summed E-state index contributed by atoms with van der Waals surface area (Å²) in [5.41, 5.74) is 3.40. The maximum Gasteiger partial charge on any atom is 0.357 e. The van der Waals surface area contributed by atoms with Crippen molar-refractivity contribution in [2.45, 2.75) is 0 Å². The Hall–Kier alpha value is -6.28. The summed E-state index contributed by atoms with van der Waals surface area (Å²) >= 11 is 3.58. The van der Waals surface area contributed by atoms with Crippen LogP contribution in [0.2, 0.25) is 0 Å². The molecule has 0 radical (unpaired) electrons. The molecule has 0 atom stereocenters. The van der Waals surface area contributed by atoms with Crippen molar-refractivity contribution in [1.29, 1.82) is 0 Å². The zero-order valence-corrected chi connectivity index (χ0v) is 28.5. The van der Waals surface area contributed by atoms with E-state index >= 15 is 0 Å². The van der Waals surface area contributed by atoms with Crippen molar-refractivity contribution in [1.82, 2.24) is 17.9 Å². The zero-order chi connectivity index (χ0) is 34.4. The van der Waals surface area contributed by atoms with E-state index in [4.69, 9.17) is 0 Å². The maximum absolute atomic E-state index is 13.1. The van der Waals surface area contributed by atoms with Crippen LogP contribution in [0.5, 0.6) is 0 Å². The van der Waals surface area contributed by atoms with Gasteiger partial charge in [0.25, 0.3) is 0 Å². The van der Waals surface area contributed by atoms with Gasteiger partial charge >= 0.3 is 11.4 Å². The fourth-order valence-electron chi connectivity index (χ4n) is 7.21. The van der Waals surface area contributed by atoms with Crippen LogP contribution in [-0.4, -0.2) is 27.7 Å². The molecule has 0 bridgehead atoms. The second-order valence-electron chi connectivity index (χ2n) is 12.0. The summed E-state index contributed by atoms with van der Waals surface area (Å²) in [4.78, 5) is 27.7. The lowest BCUT2D eigenvalue weighted by Crippen LogP contribution is -2.02. The third-order valence-corrected chi connectivity index (χ3v) is 12.1. The Bertz CT molecular complexity index is 2840. The predicted molar refractivity (Wildman–Crippen MR) is 206 cm³/mol. The van der Waals surface area contributed by atoms with Crippen LogP contribution in [0.3, 0.4) is 0 Å². The van der Waals surface area contributed by atoms with E-state index in [0.29, 0.717) is 9.75 Å². The Morgan fingerprint density at radius 1 is 0.510 bits per heavy atom. The average molecular weight is 721 g/mol. The largest absolute Gasteiger partial charge is 0.357 e. The van der Waals surface area contributed by atoms with Gasteiger partial charge in [0.05, 0.1) is 32.6 Å². The van der Waals surface area contributed by atoms with E-state index in [0.717, 1.165) is 65.3 Å². The van der Waals surface area contributed by atoms with E-state index in [1.165, 1.54) is 22.7 Å². The smallest absolute Gasteiger partial charge is 0.301 e. The van der Waals surface area contributed by atoms with Crippen molar-refractivity contribution in [3.05, 3.63) is 142 Å². The van der Waals surface area contributed by atoms with Crippen molar-refractivity contribution >= 4 is 99.0 Å². The Labute approximate surface area is 299 Å². The molecular weight excluding hydrogens is 701 g/mol. The first-order chi connectivity index (χ1) is 25.0. The van der Waals surface area contributed by atoms with Gasteiger partial charge in [0.1, 0.15) is 31.8 Å². The number of benzene rings is 5. The van der Waals surface area contributed by atoms with E-state index in [9.17, 15) is 20.2 Å². The van der Waals surface area contributed by atoms with E-state index < -0.39 is 21.2 Å². The van der Waals surface area contributed by atoms with Gasteiger partial charge in [-0.05, 0) is 48.5 Å². The van der Waals surface area contributed by atoms with Crippen molar-refractivity contribution in [2.24, 2.45) is 0 Å². The molecule has 5 heterocycles. The molecule has 0 amide bonds. The number of rotatable bonds is 6. The van der Waals surface area contributed by atoms with Gasteiger partial charge < -0.3 is 9.13 Å². The standard InChI is InChI=1S/C38H20N6O4S3/c45-43(46)35-31(29-19-25-23-15-7-9-17-27(23)41(37(25)49-29)21-11-3-1-4-12-21)33-34(40-51-39-33)32(36(35)44(47)48)30-20-26-24-16-8-10-18-28(24)42(38(26)50-30)22-13-5-2-6-14-22/h1-20H. The molecule has 244 valence electrons. The highest BCUT2D eigenvalue weighted by Crippen LogP contribution is 2.54. The first-order valence-electron chi connectivity index (χ1n) is 15.8. The van der Waals surface area contributed by atoms with Gasteiger partial charge in [-0.25, -0.2) is 0 Å². The summed E-state index contributed by atoms with van der Waals surface area (Å²) in [5.74, 6) is 0. The Balaban J connectivity index is 1.28. The number of hydrogen-bond acceptors (Lipinski definition) is 9. The number of nitro groups is 2. The third-order valence-electron chi connectivity index (χ3n) is 9.25. The van der Waals surface area contributed by atoms with Gasteiger partial charge in [0, 0.05) is 42.7 Å². The molecule has 10 nitrogen and oxygen atoms in total. The summed E-state index contributed by atoms with van der Waals surface area (Å²) in [6.07, 6.45) is 0. The van der Waals surface area contributed by atoms with Crippen molar-refractivity contribution in [3.8, 4) is 32.3 Å². The highest BCUT2D eigenvalue weighted by Gasteiger charge is 2.40. The minimum atomic E-state index is -0.642. The average Bonchev–Trinajstić information content (AvgIpc) is 3.98. The van der Waals surface area contributed by atoms with Crippen LogP contribution in [-0.2, 0) is 0 Å². The topological polar surface area (TPSA) is 122 Å². The van der Waals surface area contributed by atoms with Gasteiger partial charge in [-0.1, -0.05) is 72.8 Å². The van der Waals surface area contributed by atoms with Crippen molar-refractivity contribution in [3.63, 3.8) is 0 Å². The molecule has 51 heavy (non-hydrogen) atoms. The number of aromatic nitrogens is 4. The van der Waals surface area contributed by atoms with Gasteiger partial charge in [0.2, 0.25) is 0 Å². The normalized spacial score (nSPS) is 11.8. The lowest BCUT2D eigenvalue weighted by molar-refractivity contribution is -0.421. The molecule has 0 N–H and O–H groups in total. The fraction of sp³-hybridized carbons (Fsp3) is 0. The molecule has 0 aliphatic rings. The van der Waals surface area contributed by atoms with Crippen molar-refractivity contribution < 1.29 is 9.85 Å². The van der Waals surface area contributed by atoms with Crippen LogP contribution in [0.1, 0.15) is 0 Å². The molecule has 13 heteroatoms. The first-order valence-corrected chi connectivity index (χ1v) is 18.1. The molecule has 0 unspecified atom stereocenters. The minimum Gasteiger partial charge on any atom is -0.301 e. The van der Waals surface area contributed by atoms with Crippen LogP contribution in [0, 0.1) is 20.2 Å². The summed E-state index contributed by atoms with van der Waals surface area (Å²) in [7, 11) is 0. The maximum atomic E-state index is 13.1. The molecule has 0 aliphatic carbocycles. The highest BCUT2D eigenvalue weighted by molar-refractivity contribution is 7.23. The summed E-state index contributed by atoms with van der Waals surface area (Å²) in [6.45, 7) is 0. The Morgan fingerprint density at radius 2 is 0.902 bits per heavy atom. The lowest BCUT2D eigenvalue weighted by atomic mass is 10.00. The summed E-state index contributed by atoms with van der Waals surface area (Å²) < 4.78 is 13.4.